The van der Waals surface area contributed by atoms with E-state index in [4.69, 9.17) is 9.47 Å². The molecule has 0 aliphatic carbocycles. The van der Waals surface area contributed by atoms with Gasteiger partial charge in [-0.3, -0.25) is 0 Å². The van der Waals surface area contributed by atoms with Crippen LogP contribution in [0, 0.1) is 24.4 Å². The van der Waals surface area contributed by atoms with Crippen LogP contribution in [0.15, 0.2) is 53.8 Å². The highest BCUT2D eigenvalue weighted by Crippen LogP contribution is 2.32. The number of aromatic nitrogens is 2. The first-order valence-corrected chi connectivity index (χ1v) is 11.0. The molecule has 10 heteroatoms. The first-order valence-electron chi connectivity index (χ1n) is 11.0. The SMILES string of the molecule is CCC(c1cc(F)c(F)c(F)c1)N1CCOC(=C\c2ccc(-n3cnc(C)c3)c(OC)c2)/C1=N/O. The average molecular weight is 486 g/mol. The number of hydrogen-bond acceptors (Lipinski definition) is 5. The van der Waals surface area contributed by atoms with E-state index in [0.29, 0.717) is 24.3 Å². The van der Waals surface area contributed by atoms with E-state index in [1.807, 2.05) is 36.7 Å². The number of morpholine rings is 1. The van der Waals surface area contributed by atoms with Crippen LogP contribution in [0.2, 0.25) is 0 Å². The number of halogens is 3. The molecule has 2 aromatic carbocycles. The molecular weight excluding hydrogens is 461 g/mol. The average Bonchev–Trinajstić information content (AvgIpc) is 3.29. The molecule has 1 unspecified atom stereocenters. The van der Waals surface area contributed by atoms with Crippen molar-refractivity contribution in [1.29, 1.82) is 0 Å². The molecule has 4 rings (SSSR count). The van der Waals surface area contributed by atoms with E-state index >= 15 is 0 Å². The topological polar surface area (TPSA) is 72.1 Å². The van der Waals surface area contributed by atoms with Gasteiger partial charge in [0.15, 0.2) is 23.2 Å². The number of nitrogens with zero attached hydrogens (tertiary/aromatic N) is 4. The Bertz CT molecular complexity index is 1270. The lowest BCUT2D eigenvalue weighted by molar-refractivity contribution is 0.138. The predicted molar refractivity (Wildman–Crippen MR) is 124 cm³/mol. The van der Waals surface area contributed by atoms with Crippen LogP contribution in [0.3, 0.4) is 0 Å². The van der Waals surface area contributed by atoms with Crippen LogP contribution in [0.25, 0.3) is 11.8 Å². The van der Waals surface area contributed by atoms with Crippen molar-refractivity contribution >= 4 is 11.9 Å². The molecule has 1 saturated heterocycles. The van der Waals surface area contributed by atoms with Crippen molar-refractivity contribution in [3.05, 3.63) is 82.9 Å². The second-order valence-corrected chi connectivity index (χ2v) is 8.05. The van der Waals surface area contributed by atoms with E-state index in [1.165, 1.54) is 0 Å². The number of ether oxygens (including phenoxy) is 2. The van der Waals surface area contributed by atoms with Gasteiger partial charge in [0, 0.05) is 6.20 Å². The van der Waals surface area contributed by atoms with Crippen LogP contribution in [0.5, 0.6) is 5.75 Å². The van der Waals surface area contributed by atoms with Crippen molar-refractivity contribution in [2.75, 3.05) is 20.3 Å². The molecule has 7 nitrogen and oxygen atoms in total. The van der Waals surface area contributed by atoms with Gasteiger partial charge >= 0.3 is 0 Å². The normalized spacial score (nSPS) is 17.0. The molecule has 1 atom stereocenters. The van der Waals surface area contributed by atoms with Gasteiger partial charge in [-0.2, -0.15) is 0 Å². The highest BCUT2D eigenvalue weighted by Gasteiger charge is 2.31. The third-order valence-electron chi connectivity index (χ3n) is 5.82. The molecule has 0 saturated carbocycles. The van der Waals surface area contributed by atoms with Crippen molar-refractivity contribution in [3.8, 4) is 11.4 Å². The molecule has 2 heterocycles. The van der Waals surface area contributed by atoms with Crippen LogP contribution in [-0.4, -0.2) is 45.8 Å². The largest absolute Gasteiger partial charge is 0.495 e. The quantitative estimate of drug-likeness (QED) is 0.294. The number of benzene rings is 2. The molecule has 3 aromatic rings. The zero-order chi connectivity index (χ0) is 25.1. The van der Waals surface area contributed by atoms with Crippen molar-refractivity contribution < 1.29 is 27.9 Å². The van der Waals surface area contributed by atoms with E-state index in [9.17, 15) is 18.4 Å². The summed E-state index contributed by atoms with van der Waals surface area (Å²) < 4.78 is 54.5. The van der Waals surface area contributed by atoms with Gasteiger partial charge in [-0.1, -0.05) is 18.1 Å². The molecular formula is C25H25F3N4O3. The summed E-state index contributed by atoms with van der Waals surface area (Å²) in [5.74, 6) is -3.11. The van der Waals surface area contributed by atoms with E-state index < -0.39 is 23.5 Å². The minimum Gasteiger partial charge on any atom is -0.495 e. The highest BCUT2D eigenvalue weighted by molar-refractivity contribution is 6.00. The minimum absolute atomic E-state index is 0.0986. The Kier molecular flexibility index (Phi) is 6.99. The van der Waals surface area contributed by atoms with Crippen molar-refractivity contribution in [3.63, 3.8) is 0 Å². The fourth-order valence-corrected chi connectivity index (χ4v) is 4.19. The van der Waals surface area contributed by atoms with Crippen LogP contribution in [-0.2, 0) is 4.74 Å². The van der Waals surface area contributed by atoms with Crippen LogP contribution in [0.4, 0.5) is 13.2 Å². The predicted octanol–water partition coefficient (Wildman–Crippen LogP) is 5.22. The second-order valence-electron chi connectivity index (χ2n) is 8.05. The molecule has 1 fully saturated rings. The maximum absolute atomic E-state index is 13.9. The minimum atomic E-state index is -1.52. The van der Waals surface area contributed by atoms with Gasteiger partial charge in [-0.15, -0.1) is 0 Å². The number of imidazole rings is 1. The summed E-state index contributed by atoms with van der Waals surface area (Å²) in [5, 5.41) is 13.3. The molecule has 1 aromatic heterocycles. The Hall–Kier alpha value is -3.95. The van der Waals surface area contributed by atoms with E-state index in [2.05, 4.69) is 10.1 Å². The lowest BCUT2D eigenvalue weighted by Crippen LogP contribution is -2.42. The van der Waals surface area contributed by atoms with E-state index in [1.54, 1.807) is 30.5 Å². The van der Waals surface area contributed by atoms with Crippen molar-refractivity contribution in [1.82, 2.24) is 14.5 Å². The zero-order valence-corrected chi connectivity index (χ0v) is 19.5. The number of rotatable bonds is 6. The summed E-state index contributed by atoms with van der Waals surface area (Å²) >= 11 is 0. The van der Waals surface area contributed by atoms with Gasteiger partial charge in [0.1, 0.15) is 12.4 Å². The lowest BCUT2D eigenvalue weighted by Gasteiger charge is -2.37. The molecule has 184 valence electrons. The second kappa shape index (κ2) is 10.1. The molecule has 1 aliphatic rings. The Labute approximate surface area is 200 Å². The molecule has 0 bridgehead atoms. The van der Waals surface area contributed by atoms with Gasteiger partial charge in [-0.05, 0) is 54.8 Å². The molecule has 1 N–H and O–H groups in total. The standard InChI is InChI=1S/C25H25F3N4O3/c1-4-20(17-11-18(26)24(28)19(27)12-17)32-7-8-35-23(25(32)30-33)10-16-5-6-21(22(9-16)34-3)31-13-15(2)29-14-31/h5-6,9-14,20,33H,4,7-8H2,1-3H3/b23-10-,30-25-. The van der Waals surface area contributed by atoms with Gasteiger partial charge in [0.05, 0.1) is 37.4 Å². The van der Waals surface area contributed by atoms with Gasteiger partial charge < -0.3 is 24.1 Å². The van der Waals surface area contributed by atoms with E-state index in [-0.39, 0.29) is 23.8 Å². The number of oxime groups is 1. The highest BCUT2D eigenvalue weighted by atomic mass is 19.2. The number of amidine groups is 1. The summed E-state index contributed by atoms with van der Waals surface area (Å²) in [5.41, 5.74) is 2.60. The fourth-order valence-electron chi connectivity index (χ4n) is 4.19. The Balaban J connectivity index is 1.67. The first-order chi connectivity index (χ1) is 16.9. The summed E-state index contributed by atoms with van der Waals surface area (Å²) in [6, 6.07) is 6.86. The van der Waals surface area contributed by atoms with Crippen LogP contribution in [0.1, 0.15) is 36.2 Å². The summed E-state index contributed by atoms with van der Waals surface area (Å²) in [4.78, 5) is 5.92. The molecule has 1 aliphatic heterocycles. The zero-order valence-electron chi connectivity index (χ0n) is 19.5. The smallest absolute Gasteiger partial charge is 0.211 e. The third-order valence-corrected chi connectivity index (χ3v) is 5.82. The van der Waals surface area contributed by atoms with Crippen molar-refractivity contribution in [2.45, 2.75) is 26.3 Å². The van der Waals surface area contributed by atoms with Crippen LogP contribution < -0.4 is 4.74 Å². The number of aryl methyl sites for hydroxylation is 1. The summed E-state index contributed by atoms with van der Waals surface area (Å²) in [7, 11) is 1.56. The first kappa shape index (κ1) is 24.2. The summed E-state index contributed by atoms with van der Waals surface area (Å²) in [6.45, 7) is 4.26. The Morgan fingerprint density at radius 3 is 2.57 bits per heavy atom. The Morgan fingerprint density at radius 2 is 1.97 bits per heavy atom. The molecule has 0 radical (unpaired) electrons. The molecule has 0 amide bonds. The van der Waals surface area contributed by atoms with Gasteiger partial charge in [0.25, 0.3) is 0 Å². The van der Waals surface area contributed by atoms with Gasteiger partial charge in [0.2, 0.25) is 5.84 Å². The molecule has 35 heavy (non-hydrogen) atoms. The maximum Gasteiger partial charge on any atom is 0.211 e. The van der Waals surface area contributed by atoms with E-state index in [0.717, 1.165) is 23.5 Å². The lowest BCUT2D eigenvalue weighted by atomic mass is 10.0. The van der Waals surface area contributed by atoms with Crippen LogP contribution >= 0.6 is 0 Å². The monoisotopic (exact) mass is 486 g/mol. The maximum atomic E-state index is 13.9. The van der Waals surface area contributed by atoms with Gasteiger partial charge in [-0.25, -0.2) is 18.2 Å². The third kappa shape index (κ3) is 4.82. The summed E-state index contributed by atoms with van der Waals surface area (Å²) in [6.07, 6.45) is 5.67. The molecule has 0 spiro atoms. The number of methoxy groups -OCH3 is 1. The fraction of sp³-hybridized carbons (Fsp3) is 0.280. The Morgan fingerprint density at radius 1 is 1.23 bits per heavy atom. The van der Waals surface area contributed by atoms with Crippen molar-refractivity contribution in [2.24, 2.45) is 5.16 Å². The number of hydrogen-bond donors (Lipinski definition) is 1.